The first kappa shape index (κ1) is 15.9. The Labute approximate surface area is 128 Å². The number of ether oxygens (including phenoxy) is 1. The van der Waals surface area contributed by atoms with Crippen molar-refractivity contribution in [2.45, 2.75) is 18.9 Å². The Bertz CT molecular complexity index is 308. The molecule has 2 aliphatic rings. The quantitative estimate of drug-likeness (QED) is 0.731. The first-order valence-electron chi connectivity index (χ1n) is 7.66. The number of nitrogens with zero attached hydrogens (tertiary/aromatic N) is 3. The SMILES string of the molecule is CN(C)CC1CCCN1C(=S)NCCN1CCOCC1. The Morgan fingerprint density at radius 3 is 2.75 bits per heavy atom. The van der Waals surface area contributed by atoms with Crippen LogP contribution in [0.1, 0.15) is 12.8 Å². The lowest BCUT2D eigenvalue weighted by molar-refractivity contribution is 0.0388. The molecule has 0 aromatic carbocycles. The van der Waals surface area contributed by atoms with Crippen LogP contribution in [0.2, 0.25) is 0 Å². The van der Waals surface area contributed by atoms with Crippen molar-refractivity contribution in [2.75, 3.05) is 66.6 Å². The van der Waals surface area contributed by atoms with Crippen molar-refractivity contribution >= 4 is 17.3 Å². The predicted octanol–water partition coefficient (Wildman–Crippen LogP) is 0.219. The summed E-state index contributed by atoms with van der Waals surface area (Å²) in [7, 11) is 4.26. The van der Waals surface area contributed by atoms with E-state index in [1.54, 1.807) is 0 Å². The van der Waals surface area contributed by atoms with E-state index >= 15 is 0 Å². The summed E-state index contributed by atoms with van der Waals surface area (Å²) < 4.78 is 5.36. The number of thiocarbonyl (C=S) groups is 1. The fraction of sp³-hybridized carbons (Fsp3) is 0.929. The van der Waals surface area contributed by atoms with Gasteiger partial charge < -0.3 is 19.9 Å². The van der Waals surface area contributed by atoms with E-state index in [-0.39, 0.29) is 0 Å². The van der Waals surface area contributed by atoms with Gasteiger partial charge in [0.05, 0.1) is 13.2 Å². The lowest BCUT2D eigenvalue weighted by Gasteiger charge is -2.31. The lowest BCUT2D eigenvalue weighted by Crippen LogP contribution is -2.48. The first-order valence-corrected chi connectivity index (χ1v) is 8.07. The second-order valence-electron chi connectivity index (χ2n) is 5.94. The first-order chi connectivity index (χ1) is 9.66. The molecule has 0 radical (unpaired) electrons. The average molecular weight is 300 g/mol. The number of likely N-dealkylation sites (N-methyl/N-ethyl adjacent to an activating group) is 1. The summed E-state index contributed by atoms with van der Waals surface area (Å²) in [5.74, 6) is 0. The van der Waals surface area contributed by atoms with Gasteiger partial charge in [-0.15, -0.1) is 0 Å². The van der Waals surface area contributed by atoms with Crippen LogP contribution in [0, 0.1) is 0 Å². The highest BCUT2D eigenvalue weighted by molar-refractivity contribution is 7.80. The van der Waals surface area contributed by atoms with Crippen molar-refractivity contribution in [3.05, 3.63) is 0 Å². The molecule has 0 aliphatic carbocycles. The van der Waals surface area contributed by atoms with E-state index in [4.69, 9.17) is 17.0 Å². The molecule has 20 heavy (non-hydrogen) atoms. The van der Waals surface area contributed by atoms with Crippen molar-refractivity contribution in [3.63, 3.8) is 0 Å². The van der Waals surface area contributed by atoms with Crippen molar-refractivity contribution in [1.82, 2.24) is 20.0 Å². The van der Waals surface area contributed by atoms with Crippen LogP contribution in [0.4, 0.5) is 0 Å². The van der Waals surface area contributed by atoms with Crippen LogP contribution < -0.4 is 5.32 Å². The maximum Gasteiger partial charge on any atom is 0.169 e. The zero-order valence-electron chi connectivity index (χ0n) is 12.8. The van der Waals surface area contributed by atoms with Gasteiger partial charge in [-0.2, -0.15) is 0 Å². The molecule has 0 spiro atoms. The zero-order valence-corrected chi connectivity index (χ0v) is 13.6. The summed E-state index contributed by atoms with van der Waals surface area (Å²) in [6.45, 7) is 7.98. The van der Waals surface area contributed by atoms with Crippen LogP contribution in [0.3, 0.4) is 0 Å². The van der Waals surface area contributed by atoms with Gasteiger partial charge in [0.2, 0.25) is 0 Å². The van der Waals surface area contributed by atoms with E-state index in [2.05, 4.69) is 34.1 Å². The van der Waals surface area contributed by atoms with Gasteiger partial charge in [-0.25, -0.2) is 0 Å². The minimum atomic E-state index is 0.577. The Morgan fingerprint density at radius 1 is 1.30 bits per heavy atom. The van der Waals surface area contributed by atoms with Crippen LogP contribution >= 0.6 is 12.2 Å². The normalized spacial score (nSPS) is 24.4. The number of hydrogen-bond donors (Lipinski definition) is 1. The molecule has 5 nitrogen and oxygen atoms in total. The molecule has 2 heterocycles. The van der Waals surface area contributed by atoms with E-state index in [9.17, 15) is 0 Å². The van der Waals surface area contributed by atoms with Gasteiger partial charge in [-0.05, 0) is 39.2 Å². The molecule has 0 bridgehead atoms. The number of hydrogen-bond acceptors (Lipinski definition) is 4. The molecular formula is C14H28N4OS. The van der Waals surface area contributed by atoms with Crippen molar-refractivity contribution < 1.29 is 4.74 Å². The summed E-state index contributed by atoms with van der Waals surface area (Å²) in [4.78, 5) is 7.05. The third kappa shape index (κ3) is 4.84. The molecule has 0 aromatic heterocycles. The van der Waals surface area contributed by atoms with E-state index in [1.165, 1.54) is 12.8 Å². The molecule has 0 saturated carbocycles. The van der Waals surface area contributed by atoms with Crippen LogP contribution in [-0.4, -0.2) is 92.4 Å². The largest absolute Gasteiger partial charge is 0.379 e. The van der Waals surface area contributed by atoms with Crippen LogP contribution in [-0.2, 0) is 4.74 Å². The molecule has 0 aromatic rings. The number of nitrogens with one attached hydrogen (secondary N) is 1. The summed E-state index contributed by atoms with van der Waals surface area (Å²) in [6, 6.07) is 0.577. The zero-order chi connectivity index (χ0) is 14.4. The maximum atomic E-state index is 5.56. The third-order valence-electron chi connectivity index (χ3n) is 4.02. The second-order valence-corrected chi connectivity index (χ2v) is 6.32. The molecular weight excluding hydrogens is 272 g/mol. The summed E-state index contributed by atoms with van der Waals surface area (Å²) >= 11 is 5.56. The molecule has 0 amide bonds. The highest BCUT2D eigenvalue weighted by atomic mass is 32.1. The molecule has 116 valence electrons. The van der Waals surface area contributed by atoms with Crippen molar-refractivity contribution in [2.24, 2.45) is 0 Å². The second kappa shape index (κ2) is 8.12. The van der Waals surface area contributed by atoms with Gasteiger partial charge in [-0.3, -0.25) is 4.90 Å². The monoisotopic (exact) mass is 300 g/mol. The van der Waals surface area contributed by atoms with Gasteiger partial charge in [0, 0.05) is 45.3 Å². The van der Waals surface area contributed by atoms with Gasteiger partial charge in [0.15, 0.2) is 5.11 Å². The summed E-state index contributed by atoms with van der Waals surface area (Å²) in [5, 5.41) is 4.36. The summed E-state index contributed by atoms with van der Waals surface area (Å²) in [6.07, 6.45) is 2.51. The molecule has 1 unspecified atom stereocenters. The van der Waals surface area contributed by atoms with E-state index in [0.29, 0.717) is 6.04 Å². The Balaban J connectivity index is 1.68. The summed E-state index contributed by atoms with van der Waals surface area (Å²) in [5.41, 5.74) is 0. The Morgan fingerprint density at radius 2 is 2.05 bits per heavy atom. The lowest BCUT2D eigenvalue weighted by atomic mass is 10.2. The van der Waals surface area contributed by atoms with Gasteiger partial charge in [-0.1, -0.05) is 0 Å². The molecule has 2 rings (SSSR count). The third-order valence-corrected chi connectivity index (χ3v) is 4.40. The average Bonchev–Trinajstić information content (AvgIpc) is 2.87. The highest BCUT2D eigenvalue weighted by Crippen LogP contribution is 2.17. The number of morpholine rings is 1. The number of rotatable bonds is 5. The molecule has 1 atom stereocenters. The molecule has 2 aliphatic heterocycles. The standard InChI is InChI=1S/C14H28N4OS/c1-16(2)12-13-4-3-6-18(13)14(20)15-5-7-17-8-10-19-11-9-17/h13H,3-12H2,1-2H3,(H,15,20). The molecule has 2 saturated heterocycles. The fourth-order valence-electron chi connectivity index (χ4n) is 2.96. The minimum absolute atomic E-state index is 0.577. The van der Waals surface area contributed by atoms with Crippen LogP contribution in [0.25, 0.3) is 0 Å². The Hall–Kier alpha value is -0.430. The van der Waals surface area contributed by atoms with E-state index < -0.39 is 0 Å². The molecule has 2 fully saturated rings. The van der Waals surface area contributed by atoms with Gasteiger partial charge in [0.25, 0.3) is 0 Å². The van der Waals surface area contributed by atoms with Crippen molar-refractivity contribution in [3.8, 4) is 0 Å². The predicted molar refractivity (Wildman–Crippen MR) is 86.1 cm³/mol. The smallest absolute Gasteiger partial charge is 0.169 e. The molecule has 1 N–H and O–H groups in total. The van der Waals surface area contributed by atoms with E-state index in [0.717, 1.165) is 57.6 Å². The highest BCUT2D eigenvalue weighted by Gasteiger charge is 2.26. The van der Waals surface area contributed by atoms with E-state index in [1.807, 2.05) is 0 Å². The number of likely N-dealkylation sites (tertiary alicyclic amines) is 1. The van der Waals surface area contributed by atoms with Crippen molar-refractivity contribution in [1.29, 1.82) is 0 Å². The van der Waals surface area contributed by atoms with Crippen LogP contribution in [0.5, 0.6) is 0 Å². The van der Waals surface area contributed by atoms with Gasteiger partial charge in [0.1, 0.15) is 0 Å². The van der Waals surface area contributed by atoms with Gasteiger partial charge >= 0.3 is 0 Å². The topological polar surface area (TPSA) is 31.0 Å². The fourth-order valence-corrected chi connectivity index (χ4v) is 3.30. The Kier molecular flexibility index (Phi) is 6.48. The van der Waals surface area contributed by atoms with Crippen LogP contribution in [0.15, 0.2) is 0 Å². The minimum Gasteiger partial charge on any atom is -0.379 e. The molecule has 6 heteroatoms. The maximum absolute atomic E-state index is 5.56.